The molecule has 0 saturated heterocycles. The molecule has 0 bridgehead atoms. The van der Waals surface area contributed by atoms with Crippen LogP contribution in [0.5, 0.6) is 0 Å². The van der Waals surface area contributed by atoms with E-state index in [1.807, 2.05) is 11.3 Å². The van der Waals surface area contributed by atoms with Crippen LogP contribution in [0.4, 0.5) is 0 Å². The maximum absolute atomic E-state index is 2.41. The van der Waals surface area contributed by atoms with Crippen LogP contribution in [-0.4, -0.2) is 0 Å². The van der Waals surface area contributed by atoms with Gasteiger partial charge in [-0.15, -0.1) is 11.3 Å². The van der Waals surface area contributed by atoms with E-state index in [2.05, 4.69) is 47.9 Å². The average molecular weight is 266 g/mol. The summed E-state index contributed by atoms with van der Waals surface area (Å²) in [6.07, 6.45) is 1.24. The van der Waals surface area contributed by atoms with E-state index in [1.165, 1.54) is 14.9 Å². The molecule has 2 heteroatoms. The molecule has 0 amide bonds. The molecule has 0 saturated carbocycles. The first kappa shape index (κ1) is 8.53. The van der Waals surface area contributed by atoms with E-state index in [0.717, 1.165) is 5.92 Å². The molecule has 0 aromatic carbocycles. The van der Waals surface area contributed by atoms with Gasteiger partial charge in [0.15, 0.2) is 0 Å². The van der Waals surface area contributed by atoms with Crippen LogP contribution in [-0.2, 0) is 0 Å². The molecule has 0 fully saturated rings. The zero-order valence-corrected chi connectivity index (χ0v) is 9.20. The number of hydrogen-bond donors (Lipinski definition) is 0. The second-order valence-electron chi connectivity index (χ2n) is 2.46. The fraction of sp³-hybridized carbons (Fsp3) is 0.500. The van der Waals surface area contributed by atoms with Gasteiger partial charge in [-0.05, 0) is 51.9 Å². The Kier molecular flexibility index (Phi) is 3.17. The number of thiophene rings is 1. The lowest BCUT2D eigenvalue weighted by molar-refractivity contribution is 0.733. The van der Waals surface area contributed by atoms with E-state index in [9.17, 15) is 0 Å². The lowest BCUT2D eigenvalue weighted by Crippen LogP contribution is -1.89. The van der Waals surface area contributed by atoms with E-state index in [4.69, 9.17) is 0 Å². The zero-order chi connectivity index (χ0) is 7.56. The molecule has 1 aromatic heterocycles. The van der Waals surface area contributed by atoms with Crippen molar-refractivity contribution in [2.75, 3.05) is 0 Å². The summed E-state index contributed by atoms with van der Waals surface area (Å²) in [5, 5.41) is 2.17. The predicted octanol–water partition coefficient (Wildman–Crippen LogP) is 3.87. The van der Waals surface area contributed by atoms with Crippen molar-refractivity contribution in [2.45, 2.75) is 26.2 Å². The monoisotopic (exact) mass is 266 g/mol. The van der Waals surface area contributed by atoms with Gasteiger partial charge in [0, 0.05) is 0 Å². The van der Waals surface area contributed by atoms with Crippen LogP contribution in [0.3, 0.4) is 0 Å². The summed E-state index contributed by atoms with van der Waals surface area (Å²) in [6, 6.07) is 2.24. The third-order valence-electron chi connectivity index (χ3n) is 1.79. The Balaban J connectivity index is 2.82. The van der Waals surface area contributed by atoms with E-state index in [0.29, 0.717) is 0 Å². The lowest BCUT2D eigenvalue weighted by atomic mass is 10.0. The van der Waals surface area contributed by atoms with Gasteiger partial charge in [-0.1, -0.05) is 13.8 Å². The van der Waals surface area contributed by atoms with Gasteiger partial charge >= 0.3 is 0 Å². The highest BCUT2D eigenvalue weighted by Gasteiger charge is 2.06. The molecule has 10 heavy (non-hydrogen) atoms. The molecule has 1 atom stereocenters. The molecule has 1 heterocycles. The average Bonchev–Trinajstić information content (AvgIpc) is 2.34. The summed E-state index contributed by atoms with van der Waals surface area (Å²) >= 11 is 4.25. The standard InChI is InChI=1S/C8H11IS/c1-3-6(2)7-4-5-10-8(7)9/h4-6H,3H2,1-2H3. The first-order valence-corrected chi connectivity index (χ1v) is 5.44. The van der Waals surface area contributed by atoms with Gasteiger partial charge in [0.1, 0.15) is 0 Å². The maximum atomic E-state index is 2.41. The molecule has 0 nitrogen and oxygen atoms in total. The van der Waals surface area contributed by atoms with Crippen molar-refractivity contribution in [1.82, 2.24) is 0 Å². The second kappa shape index (κ2) is 3.72. The molecule has 1 unspecified atom stereocenters. The van der Waals surface area contributed by atoms with Gasteiger partial charge in [0.2, 0.25) is 0 Å². The Morgan fingerprint density at radius 2 is 2.40 bits per heavy atom. The molecule has 56 valence electrons. The highest BCUT2D eigenvalue weighted by molar-refractivity contribution is 14.1. The van der Waals surface area contributed by atoms with Crippen molar-refractivity contribution < 1.29 is 0 Å². The topological polar surface area (TPSA) is 0 Å². The van der Waals surface area contributed by atoms with Crippen LogP contribution in [0.1, 0.15) is 31.7 Å². The minimum atomic E-state index is 0.734. The Hall–Kier alpha value is 0.430. The van der Waals surface area contributed by atoms with Gasteiger partial charge in [0.05, 0.1) is 2.88 Å². The van der Waals surface area contributed by atoms with Gasteiger partial charge < -0.3 is 0 Å². The normalized spacial score (nSPS) is 13.5. The van der Waals surface area contributed by atoms with Gasteiger partial charge in [-0.2, -0.15) is 0 Å². The second-order valence-corrected chi connectivity index (χ2v) is 5.19. The third-order valence-corrected chi connectivity index (χ3v) is 3.89. The van der Waals surface area contributed by atoms with E-state index < -0.39 is 0 Å². The van der Waals surface area contributed by atoms with Crippen molar-refractivity contribution in [3.05, 3.63) is 19.9 Å². The fourth-order valence-corrected chi connectivity index (χ4v) is 2.77. The van der Waals surface area contributed by atoms with Gasteiger partial charge in [-0.3, -0.25) is 0 Å². The Bertz CT molecular complexity index is 205. The maximum Gasteiger partial charge on any atom is 0.0688 e. The Morgan fingerprint density at radius 1 is 1.70 bits per heavy atom. The van der Waals surface area contributed by atoms with Crippen LogP contribution >= 0.6 is 33.9 Å². The Labute approximate surface area is 79.8 Å². The van der Waals surface area contributed by atoms with Crippen LogP contribution in [0.15, 0.2) is 11.4 Å². The molecular formula is C8H11IS. The molecule has 0 N–H and O–H groups in total. The molecule has 0 aliphatic rings. The highest BCUT2D eigenvalue weighted by atomic mass is 127. The summed E-state index contributed by atoms with van der Waals surface area (Å²) in [5.74, 6) is 0.734. The largest absolute Gasteiger partial charge is 0.137 e. The summed E-state index contributed by atoms with van der Waals surface area (Å²) in [4.78, 5) is 0. The van der Waals surface area contributed by atoms with Crippen molar-refractivity contribution in [1.29, 1.82) is 0 Å². The van der Waals surface area contributed by atoms with Crippen LogP contribution < -0.4 is 0 Å². The zero-order valence-electron chi connectivity index (χ0n) is 6.23. The fourth-order valence-electron chi connectivity index (χ4n) is 0.879. The molecule has 0 radical (unpaired) electrons. The molecule has 1 aromatic rings. The van der Waals surface area contributed by atoms with E-state index in [-0.39, 0.29) is 0 Å². The third kappa shape index (κ3) is 1.72. The van der Waals surface area contributed by atoms with Crippen molar-refractivity contribution in [2.24, 2.45) is 0 Å². The summed E-state index contributed by atoms with van der Waals surface area (Å²) in [6.45, 7) is 4.52. The number of rotatable bonds is 2. The lowest BCUT2D eigenvalue weighted by Gasteiger charge is -2.05. The van der Waals surface area contributed by atoms with Crippen molar-refractivity contribution >= 4 is 33.9 Å². The molecular weight excluding hydrogens is 255 g/mol. The smallest absolute Gasteiger partial charge is 0.0688 e. The highest BCUT2D eigenvalue weighted by Crippen LogP contribution is 2.27. The molecule has 0 aliphatic heterocycles. The van der Waals surface area contributed by atoms with Gasteiger partial charge in [0.25, 0.3) is 0 Å². The van der Waals surface area contributed by atoms with E-state index in [1.54, 1.807) is 0 Å². The Morgan fingerprint density at radius 3 is 2.80 bits per heavy atom. The predicted molar refractivity (Wildman–Crippen MR) is 55.7 cm³/mol. The van der Waals surface area contributed by atoms with E-state index >= 15 is 0 Å². The first-order valence-electron chi connectivity index (χ1n) is 3.48. The van der Waals surface area contributed by atoms with Crippen molar-refractivity contribution in [3.63, 3.8) is 0 Å². The number of halogens is 1. The SMILES string of the molecule is CCC(C)c1ccsc1I. The van der Waals surface area contributed by atoms with Crippen molar-refractivity contribution in [3.8, 4) is 0 Å². The summed E-state index contributed by atoms with van der Waals surface area (Å²) < 4.78 is 1.45. The minimum Gasteiger partial charge on any atom is -0.137 e. The first-order chi connectivity index (χ1) is 4.75. The van der Waals surface area contributed by atoms with Gasteiger partial charge in [-0.25, -0.2) is 0 Å². The molecule has 1 rings (SSSR count). The number of hydrogen-bond acceptors (Lipinski definition) is 1. The summed E-state index contributed by atoms with van der Waals surface area (Å²) in [5.41, 5.74) is 1.52. The summed E-state index contributed by atoms with van der Waals surface area (Å²) in [7, 11) is 0. The van der Waals surface area contributed by atoms with Crippen LogP contribution in [0, 0.1) is 2.88 Å². The molecule has 0 spiro atoms. The minimum absolute atomic E-state index is 0.734. The molecule has 0 aliphatic carbocycles. The quantitative estimate of drug-likeness (QED) is 0.713. The van der Waals surface area contributed by atoms with Crippen LogP contribution in [0.25, 0.3) is 0 Å². The van der Waals surface area contributed by atoms with Crippen LogP contribution in [0.2, 0.25) is 0 Å².